The molecule has 23 heavy (non-hydrogen) atoms. The number of thioether (sulfide) groups is 1. The first-order valence-electron chi connectivity index (χ1n) is 6.54. The van der Waals surface area contributed by atoms with E-state index in [0.717, 1.165) is 10.0 Å². The third-order valence-electron chi connectivity index (χ3n) is 2.88. The van der Waals surface area contributed by atoms with Gasteiger partial charge in [-0.2, -0.15) is 0 Å². The van der Waals surface area contributed by atoms with Crippen molar-refractivity contribution >= 4 is 47.2 Å². The highest BCUT2D eigenvalue weighted by Gasteiger charge is 2.12. The van der Waals surface area contributed by atoms with E-state index in [4.69, 9.17) is 17.0 Å². The standard InChI is InChI=1S/C14H15N3O3S3/c1-16(2)11(18)8-20-12(19)9-4-6-10(7-5-9)17-14(21)23-13(15-17)22-3/h4-7H,8H2,1-3H3. The molecule has 0 aliphatic rings. The number of carbonyl (C=O) groups excluding carboxylic acids is 2. The van der Waals surface area contributed by atoms with Gasteiger partial charge in [0, 0.05) is 14.1 Å². The van der Waals surface area contributed by atoms with Crippen LogP contribution in [0.5, 0.6) is 0 Å². The Labute approximate surface area is 147 Å². The van der Waals surface area contributed by atoms with E-state index in [0.29, 0.717) is 9.52 Å². The van der Waals surface area contributed by atoms with Crippen LogP contribution in [0.4, 0.5) is 0 Å². The molecule has 0 aliphatic carbocycles. The molecule has 122 valence electrons. The van der Waals surface area contributed by atoms with Crippen LogP contribution in [0.15, 0.2) is 28.6 Å². The number of likely N-dealkylation sites (N-methyl/N-ethyl adjacent to an activating group) is 1. The molecule has 0 aliphatic heterocycles. The smallest absolute Gasteiger partial charge is 0.338 e. The normalized spacial score (nSPS) is 10.4. The van der Waals surface area contributed by atoms with E-state index >= 15 is 0 Å². The highest BCUT2D eigenvalue weighted by atomic mass is 32.2. The van der Waals surface area contributed by atoms with E-state index in [-0.39, 0.29) is 12.5 Å². The largest absolute Gasteiger partial charge is 0.452 e. The van der Waals surface area contributed by atoms with Gasteiger partial charge in [0.15, 0.2) is 14.9 Å². The van der Waals surface area contributed by atoms with Crippen LogP contribution in [0.3, 0.4) is 0 Å². The van der Waals surface area contributed by atoms with Gasteiger partial charge >= 0.3 is 5.97 Å². The number of ether oxygens (including phenoxy) is 1. The Morgan fingerprint density at radius 1 is 1.35 bits per heavy atom. The summed E-state index contributed by atoms with van der Waals surface area (Å²) in [4.78, 5) is 24.7. The van der Waals surface area contributed by atoms with Gasteiger partial charge in [0.1, 0.15) is 0 Å². The fraction of sp³-hybridized carbons (Fsp3) is 0.286. The zero-order chi connectivity index (χ0) is 17.0. The molecule has 9 heteroatoms. The number of rotatable bonds is 5. The van der Waals surface area contributed by atoms with Crippen LogP contribution in [0, 0.1) is 3.95 Å². The fourth-order valence-electron chi connectivity index (χ4n) is 1.58. The Morgan fingerprint density at radius 3 is 2.52 bits per heavy atom. The predicted molar refractivity (Wildman–Crippen MR) is 93.0 cm³/mol. The first-order valence-corrected chi connectivity index (χ1v) is 8.99. The molecule has 1 heterocycles. The molecule has 0 bridgehead atoms. The topological polar surface area (TPSA) is 64.4 Å². The molecular weight excluding hydrogens is 354 g/mol. The zero-order valence-electron chi connectivity index (χ0n) is 12.8. The van der Waals surface area contributed by atoms with E-state index in [1.54, 1.807) is 43.0 Å². The number of amides is 1. The third-order valence-corrected chi connectivity index (χ3v) is 5.08. The lowest BCUT2D eigenvalue weighted by Crippen LogP contribution is -2.27. The minimum atomic E-state index is -0.543. The Bertz CT molecular complexity index is 766. The van der Waals surface area contributed by atoms with Crippen LogP contribution in [-0.4, -0.2) is 53.5 Å². The summed E-state index contributed by atoms with van der Waals surface area (Å²) in [6.45, 7) is -0.276. The van der Waals surface area contributed by atoms with Crippen LogP contribution < -0.4 is 0 Å². The highest BCUT2D eigenvalue weighted by molar-refractivity contribution is 8.00. The molecule has 1 aromatic heterocycles. The summed E-state index contributed by atoms with van der Waals surface area (Å²) in [6.07, 6.45) is 1.94. The number of aromatic nitrogens is 2. The van der Waals surface area contributed by atoms with Crippen LogP contribution in [0.2, 0.25) is 0 Å². The molecule has 0 unspecified atom stereocenters. The van der Waals surface area contributed by atoms with E-state index in [9.17, 15) is 9.59 Å². The van der Waals surface area contributed by atoms with E-state index < -0.39 is 5.97 Å². The van der Waals surface area contributed by atoms with Crippen molar-refractivity contribution < 1.29 is 14.3 Å². The van der Waals surface area contributed by atoms with E-state index in [1.165, 1.54) is 28.0 Å². The summed E-state index contributed by atoms with van der Waals surface area (Å²) >= 11 is 8.23. The van der Waals surface area contributed by atoms with Crippen molar-refractivity contribution in [3.8, 4) is 5.69 Å². The molecule has 1 aromatic carbocycles. The van der Waals surface area contributed by atoms with Crippen molar-refractivity contribution in [2.75, 3.05) is 27.0 Å². The van der Waals surface area contributed by atoms with Crippen molar-refractivity contribution in [2.45, 2.75) is 4.34 Å². The monoisotopic (exact) mass is 369 g/mol. The second-order valence-electron chi connectivity index (χ2n) is 4.66. The molecule has 0 radical (unpaired) electrons. The zero-order valence-corrected chi connectivity index (χ0v) is 15.3. The molecule has 6 nitrogen and oxygen atoms in total. The number of benzene rings is 1. The molecule has 0 saturated carbocycles. The van der Waals surface area contributed by atoms with Crippen molar-refractivity contribution in [3.05, 3.63) is 33.8 Å². The summed E-state index contributed by atoms with van der Waals surface area (Å²) < 4.78 is 8.13. The van der Waals surface area contributed by atoms with Gasteiger partial charge in [0.2, 0.25) is 0 Å². The fourth-order valence-corrected chi connectivity index (χ4v) is 3.36. The Morgan fingerprint density at radius 2 is 2.00 bits per heavy atom. The third kappa shape index (κ3) is 4.40. The van der Waals surface area contributed by atoms with E-state index in [2.05, 4.69) is 5.10 Å². The minimum absolute atomic E-state index is 0.270. The van der Waals surface area contributed by atoms with Crippen molar-refractivity contribution in [3.63, 3.8) is 0 Å². The van der Waals surface area contributed by atoms with Crippen LogP contribution in [0.1, 0.15) is 10.4 Å². The maximum absolute atomic E-state index is 11.9. The van der Waals surface area contributed by atoms with Gasteiger partial charge in [-0.3, -0.25) is 4.79 Å². The lowest BCUT2D eigenvalue weighted by molar-refractivity contribution is -0.131. The molecule has 2 rings (SSSR count). The second kappa shape index (κ2) is 7.71. The van der Waals surface area contributed by atoms with Gasteiger partial charge in [0.25, 0.3) is 5.91 Å². The molecule has 1 amide bonds. The van der Waals surface area contributed by atoms with Gasteiger partial charge in [0.05, 0.1) is 11.3 Å². The summed E-state index contributed by atoms with van der Waals surface area (Å²) in [6, 6.07) is 6.73. The van der Waals surface area contributed by atoms with Gasteiger partial charge in [-0.15, -0.1) is 5.10 Å². The molecule has 2 aromatic rings. The average Bonchev–Trinajstić information content (AvgIpc) is 2.93. The molecule has 0 saturated heterocycles. The van der Waals surface area contributed by atoms with Crippen LogP contribution in [-0.2, 0) is 9.53 Å². The number of hydrogen-bond acceptors (Lipinski definition) is 7. The molecule has 0 atom stereocenters. The van der Waals surface area contributed by atoms with Crippen molar-refractivity contribution in [1.29, 1.82) is 0 Å². The van der Waals surface area contributed by atoms with Gasteiger partial charge in [-0.25, -0.2) is 9.48 Å². The number of esters is 1. The van der Waals surface area contributed by atoms with E-state index in [1.807, 2.05) is 6.26 Å². The summed E-state index contributed by atoms with van der Waals surface area (Å²) in [5.41, 5.74) is 1.14. The predicted octanol–water partition coefficient (Wildman–Crippen LogP) is 2.63. The molecule has 0 N–H and O–H groups in total. The van der Waals surface area contributed by atoms with Crippen LogP contribution >= 0.6 is 35.3 Å². The maximum atomic E-state index is 11.9. The first-order chi connectivity index (χ1) is 10.9. The summed E-state index contributed by atoms with van der Waals surface area (Å²) in [5, 5.41) is 4.38. The maximum Gasteiger partial charge on any atom is 0.338 e. The van der Waals surface area contributed by atoms with Gasteiger partial charge in [-0.1, -0.05) is 23.1 Å². The Kier molecular flexibility index (Phi) is 5.91. The average molecular weight is 369 g/mol. The SMILES string of the molecule is CSc1nn(-c2ccc(C(=O)OCC(=O)N(C)C)cc2)c(=S)s1. The number of nitrogens with zero attached hydrogens (tertiary/aromatic N) is 3. The Balaban J connectivity index is 2.10. The molecular formula is C14H15N3O3S3. The van der Waals surface area contributed by atoms with Gasteiger partial charge in [-0.05, 0) is 42.7 Å². The summed E-state index contributed by atoms with van der Waals surface area (Å²) in [7, 11) is 3.20. The molecule has 0 fully saturated rings. The lowest BCUT2D eigenvalue weighted by Gasteiger charge is -2.10. The second-order valence-corrected chi connectivity index (χ2v) is 7.34. The van der Waals surface area contributed by atoms with Crippen molar-refractivity contribution in [2.24, 2.45) is 0 Å². The first kappa shape index (κ1) is 17.6. The quantitative estimate of drug-likeness (QED) is 0.459. The molecule has 0 spiro atoms. The highest BCUT2D eigenvalue weighted by Crippen LogP contribution is 2.22. The van der Waals surface area contributed by atoms with Crippen molar-refractivity contribution in [1.82, 2.24) is 14.7 Å². The lowest BCUT2D eigenvalue weighted by atomic mass is 10.2. The summed E-state index contributed by atoms with van der Waals surface area (Å²) in [5.74, 6) is -0.813. The van der Waals surface area contributed by atoms with Crippen LogP contribution in [0.25, 0.3) is 5.69 Å². The number of carbonyl (C=O) groups is 2. The Hall–Kier alpha value is -1.71. The minimum Gasteiger partial charge on any atom is -0.452 e. The number of hydrogen-bond donors (Lipinski definition) is 0. The van der Waals surface area contributed by atoms with Gasteiger partial charge < -0.3 is 9.64 Å².